The molecule has 0 aliphatic heterocycles. The van der Waals surface area contributed by atoms with E-state index in [0.29, 0.717) is 19.6 Å². The van der Waals surface area contributed by atoms with Gasteiger partial charge in [-0.1, -0.05) is 20.3 Å². The number of aliphatic hydroxyl groups is 5. The van der Waals surface area contributed by atoms with E-state index in [1.54, 1.807) is 4.90 Å². The standard InChI is InChI=1S/C8H18O2.C6H15NO3/c1-3-5-8(10)7(4-2)6-9;8-4-1-7(2-5-9)3-6-10/h7-10H,3-6H2,1-2H3;8-10H,1-6H2. The molecule has 0 fully saturated rings. The Morgan fingerprint density at radius 2 is 1.30 bits per heavy atom. The summed E-state index contributed by atoms with van der Waals surface area (Å²) >= 11 is 0. The highest BCUT2D eigenvalue weighted by molar-refractivity contribution is 4.65. The minimum atomic E-state index is -0.306. The lowest BCUT2D eigenvalue weighted by Crippen LogP contribution is -2.32. The topological polar surface area (TPSA) is 104 Å². The maximum Gasteiger partial charge on any atom is 0.0590 e. The van der Waals surface area contributed by atoms with Gasteiger partial charge < -0.3 is 25.5 Å². The quantitative estimate of drug-likeness (QED) is 0.350. The summed E-state index contributed by atoms with van der Waals surface area (Å²) in [6.45, 7) is 5.88. The maximum absolute atomic E-state index is 9.35. The second-order valence-corrected chi connectivity index (χ2v) is 4.72. The van der Waals surface area contributed by atoms with Gasteiger partial charge in [0.15, 0.2) is 0 Å². The number of rotatable bonds is 11. The fourth-order valence-corrected chi connectivity index (χ4v) is 1.81. The van der Waals surface area contributed by atoms with Gasteiger partial charge in [0.1, 0.15) is 0 Å². The molecule has 5 N–H and O–H groups in total. The average Bonchev–Trinajstić information content (AvgIpc) is 2.42. The average molecular weight is 295 g/mol. The Balaban J connectivity index is 0. The molecule has 0 spiro atoms. The van der Waals surface area contributed by atoms with Gasteiger partial charge in [-0.25, -0.2) is 0 Å². The summed E-state index contributed by atoms with van der Waals surface area (Å²) in [5.74, 6) is 0.0833. The van der Waals surface area contributed by atoms with Crippen LogP contribution in [-0.4, -0.2) is 82.6 Å². The molecule has 0 amide bonds. The molecular formula is C14H33NO5. The first-order valence-corrected chi connectivity index (χ1v) is 7.44. The monoisotopic (exact) mass is 295 g/mol. The third kappa shape index (κ3) is 12.8. The van der Waals surface area contributed by atoms with Gasteiger partial charge in [-0.3, -0.25) is 4.90 Å². The van der Waals surface area contributed by atoms with Crippen molar-refractivity contribution in [3.63, 3.8) is 0 Å². The predicted octanol–water partition coefficient (Wildman–Crippen LogP) is -0.569. The molecule has 0 saturated heterocycles. The fraction of sp³-hybridized carbons (Fsp3) is 1.00. The van der Waals surface area contributed by atoms with Crippen LogP contribution in [-0.2, 0) is 0 Å². The van der Waals surface area contributed by atoms with E-state index in [4.69, 9.17) is 20.4 Å². The van der Waals surface area contributed by atoms with Crippen molar-refractivity contribution < 1.29 is 25.5 Å². The fourth-order valence-electron chi connectivity index (χ4n) is 1.81. The lowest BCUT2D eigenvalue weighted by atomic mass is 9.97. The lowest BCUT2D eigenvalue weighted by molar-refractivity contribution is 0.0584. The third-order valence-corrected chi connectivity index (χ3v) is 3.14. The van der Waals surface area contributed by atoms with Gasteiger partial charge in [-0.05, 0) is 12.8 Å². The van der Waals surface area contributed by atoms with Crippen LogP contribution < -0.4 is 0 Å². The van der Waals surface area contributed by atoms with Crippen LogP contribution in [0.25, 0.3) is 0 Å². The highest BCUT2D eigenvalue weighted by Crippen LogP contribution is 2.12. The molecule has 0 aromatic heterocycles. The van der Waals surface area contributed by atoms with Gasteiger partial charge in [-0.15, -0.1) is 0 Å². The molecule has 0 rings (SSSR count). The van der Waals surface area contributed by atoms with Crippen LogP contribution in [0.3, 0.4) is 0 Å². The molecule has 124 valence electrons. The van der Waals surface area contributed by atoms with Crippen molar-refractivity contribution in [2.24, 2.45) is 5.92 Å². The van der Waals surface area contributed by atoms with Gasteiger partial charge in [0, 0.05) is 32.2 Å². The number of hydrogen-bond acceptors (Lipinski definition) is 6. The van der Waals surface area contributed by atoms with E-state index >= 15 is 0 Å². The molecule has 0 aromatic rings. The van der Waals surface area contributed by atoms with Gasteiger partial charge in [0.05, 0.1) is 25.9 Å². The van der Waals surface area contributed by atoms with E-state index in [1.807, 2.05) is 13.8 Å². The van der Waals surface area contributed by atoms with Gasteiger partial charge in [0.2, 0.25) is 0 Å². The zero-order valence-electron chi connectivity index (χ0n) is 12.9. The van der Waals surface area contributed by atoms with E-state index in [0.717, 1.165) is 19.3 Å². The van der Waals surface area contributed by atoms with E-state index < -0.39 is 0 Å². The highest BCUT2D eigenvalue weighted by atomic mass is 16.3. The van der Waals surface area contributed by atoms with Crippen LogP contribution in [0.2, 0.25) is 0 Å². The molecule has 0 aromatic carbocycles. The molecule has 20 heavy (non-hydrogen) atoms. The third-order valence-electron chi connectivity index (χ3n) is 3.14. The van der Waals surface area contributed by atoms with Crippen LogP contribution in [0.15, 0.2) is 0 Å². The summed E-state index contributed by atoms with van der Waals surface area (Å²) in [4.78, 5) is 1.79. The van der Waals surface area contributed by atoms with Gasteiger partial charge >= 0.3 is 0 Å². The molecule has 0 aliphatic carbocycles. The molecule has 6 nitrogen and oxygen atoms in total. The highest BCUT2D eigenvalue weighted by Gasteiger charge is 2.14. The zero-order valence-corrected chi connectivity index (χ0v) is 12.9. The maximum atomic E-state index is 9.35. The van der Waals surface area contributed by atoms with E-state index in [2.05, 4.69) is 0 Å². The minimum absolute atomic E-state index is 0.0694. The Bertz CT molecular complexity index is 158. The Hall–Kier alpha value is -0.240. The van der Waals surface area contributed by atoms with Crippen LogP contribution in [0.4, 0.5) is 0 Å². The van der Waals surface area contributed by atoms with Gasteiger partial charge in [-0.2, -0.15) is 0 Å². The Morgan fingerprint density at radius 3 is 1.55 bits per heavy atom. The van der Waals surface area contributed by atoms with Crippen LogP contribution in [0.1, 0.15) is 33.1 Å². The number of hydrogen-bond donors (Lipinski definition) is 5. The van der Waals surface area contributed by atoms with Crippen molar-refractivity contribution in [1.29, 1.82) is 0 Å². The smallest absolute Gasteiger partial charge is 0.0590 e. The summed E-state index contributed by atoms with van der Waals surface area (Å²) in [5.41, 5.74) is 0. The van der Waals surface area contributed by atoms with Gasteiger partial charge in [0.25, 0.3) is 0 Å². The summed E-state index contributed by atoms with van der Waals surface area (Å²) in [5, 5.41) is 43.6. The minimum Gasteiger partial charge on any atom is -0.396 e. The SMILES string of the molecule is CCCC(O)C(CC)CO.OCCN(CCO)CCO. The molecule has 0 saturated carbocycles. The van der Waals surface area contributed by atoms with Crippen molar-refractivity contribution in [2.75, 3.05) is 46.1 Å². The van der Waals surface area contributed by atoms with Crippen LogP contribution in [0, 0.1) is 5.92 Å². The Morgan fingerprint density at radius 1 is 0.850 bits per heavy atom. The first-order chi connectivity index (χ1) is 9.60. The normalized spacial score (nSPS) is 13.8. The van der Waals surface area contributed by atoms with Crippen LogP contribution in [0.5, 0.6) is 0 Å². The first-order valence-electron chi connectivity index (χ1n) is 7.44. The second kappa shape index (κ2) is 16.8. The molecule has 0 radical (unpaired) electrons. The second-order valence-electron chi connectivity index (χ2n) is 4.72. The molecule has 6 heteroatoms. The number of nitrogens with zero attached hydrogens (tertiary/aromatic N) is 1. The van der Waals surface area contributed by atoms with Crippen molar-refractivity contribution >= 4 is 0 Å². The summed E-state index contributed by atoms with van der Waals surface area (Å²) in [6, 6.07) is 0. The summed E-state index contributed by atoms with van der Waals surface area (Å²) in [6.07, 6.45) is 2.34. The molecule has 0 aliphatic rings. The van der Waals surface area contributed by atoms with E-state index in [-0.39, 0.29) is 38.4 Å². The van der Waals surface area contributed by atoms with E-state index in [9.17, 15) is 5.11 Å². The van der Waals surface area contributed by atoms with Crippen LogP contribution >= 0.6 is 0 Å². The number of aliphatic hydroxyl groups excluding tert-OH is 5. The lowest BCUT2D eigenvalue weighted by Gasteiger charge is -2.17. The Kier molecular flexibility index (Phi) is 18.5. The predicted molar refractivity (Wildman–Crippen MR) is 79.5 cm³/mol. The van der Waals surface area contributed by atoms with Crippen molar-refractivity contribution in [1.82, 2.24) is 4.90 Å². The van der Waals surface area contributed by atoms with Crippen molar-refractivity contribution in [3.05, 3.63) is 0 Å². The van der Waals surface area contributed by atoms with Crippen molar-refractivity contribution in [2.45, 2.75) is 39.2 Å². The zero-order chi connectivity index (χ0) is 15.8. The molecular weight excluding hydrogens is 262 g/mol. The summed E-state index contributed by atoms with van der Waals surface area (Å²) in [7, 11) is 0. The first kappa shape index (κ1) is 22.0. The summed E-state index contributed by atoms with van der Waals surface area (Å²) < 4.78 is 0. The molecule has 2 atom stereocenters. The molecule has 0 heterocycles. The largest absolute Gasteiger partial charge is 0.396 e. The van der Waals surface area contributed by atoms with Crippen molar-refractivity contribution in [3.8, 4) is 0 Å². The Labute approximate surface area is 122 Å². The molecule has 2 unspecified atom stereocenters. The molecule has 0 bridgehead atoms. The van der Waals surface area contributed by atoms with E-state index in [1.165, 1.54) is 0 Å².